The molecule has 0 aliphatic heterocycles. The summed E-state index contributed by atoms with van der Waals surface area (Å²) in [5.74, 6) is -5.77. The molecule has 0 spiro atoms. The van der Waals surface area contributed by atoms with E-state index in [1.54, 1.807) is 6.07 Å². The fraction of sp³-hybridized carbons (Fsp3) is 0.333. The summed E-state index contributed by atoms with van der Waals surface area (Å²) in [4.78, 5) is 12.3. The van der Waals surface area contributed by atoms with Crippen LogP contribution in [-0.2, 0) is 13.0 Å². The largest absolute Gasteiger partial charge is 0.459 e. The Morgan fingerprint density at radius 2 is 1.94 bits per heavy atom. The summed E-state index contributed by atoms with van der Waals surface area (Å²) in [5, 5.41) is 19.6. The molecule has 35 heavy (non-hydrogen) atoms. The number of nitriles is 1. The zero-order valence-electron chi connectivity index (χ0n) is 18.1. The summed E-state index contributed by atoms with van der Waals surface area (Å²) in [7, 11) is 1.24. The highest BCUT2D eigenvalue weighted by molar-refractivity contribution is 7.98. The van der Waals surface area contributed by atoms with Gasteiger partial charge in [0, 0.05) is 18.8 Å². The molecule has 14 heteroatoms. The van der Waals surface area contributed by atoms with Crippen molar-refractivity contribution in [3.8, 4) is 23.0 Å². The first-order valence-electron chi connectivity index (χ1n) is 9.98. The lowest BCUT2D eigenvalue weighted by molar-refractivity contribution is -0.292. The minimum atomic E-state index is -5.82. The maximum atomic E-state index is 14.1. The number of aromatic nitrogens is 4. The Morgan fingerprint density at radius 1 is 1.26 bits per heavy atom. The second kappa shape index (κ2) is 8.53. The normalized spacial score (nSPS) is 15.1. The Balaban J connectivity index is 1.71. The van der Waals surface area contributed by atoms with Crippen LogP contribution in [0.4, 0.5) is 22.0 Å². The molecule has 1 amide bonds. The van der Waals surface area contributed by atoms with Gasteiger partial charge in [-0.05, 0) is 36.8 Å². The molecule has 1 saturated carbocycles. The summed E-state index contributed by atoms with van der Waals surface area (Å²) in [6.45, 7) is 0. The van der Waals surface area contributed by atoms with E-state index in [0.29, 0.717) is 35.7 Å². The smallest absolute Gasteiger partial charge is 0.334 e. The maximum Gasteiger partial charge on any atom is 0.459 e. The van der Waals surface area contributed by atoms with Crippen molar-refractivity contribution in [1.82, 2.24) is 24.9 Å². The first-order valence-corrected chi connectivity index (χ1v) is 11.6. The summed E-state index contributed by atoms with van der Waals surface area (Å²) in [6, 6.07) is 6.61. The number of carbonyl (C=O) groups is 1. The van der Waals surface area contributed by atoms with Gasteiger partial charge in [0.15, 0.2) is 11.5 Å². The third-order valence-electron chi connectivity index (χ3n) is 5.49. The average molecular weight is 531 g/mol. The monoisotopic (exact) mass is 530 g/mol. The SMILES string of the molecule is CSc1c(C(F)(F)C(F)(F)F)nn(C)c1-n1cc(-c2ccc(Cl)c(C(=O)NC3(C#N)CC3)c2)cn1. The van der Waals surface area contributed by atoms with E-state index >= 15 is 0 Å². The fourth-order valence-corrected chi connectivity index (χ4v) is 4.39. The average Bonchev–Trinajstić information content (AvgIpc) is 3.23. The lowest BCUT2D eigenvalue weighted by Gasteiger charge is -2.18. The summed E-state index contributed by atoms with van der Waals surface area (Å²) < 4.78 is 69.1. The number of alkyl halides is 5. The minimum absolute atomic E-state index is 0.0840. The van der Waals surface area contributed by atoms with Gasteiger partial charge in [-0.2, -0.15) is 37.4 Å². The van der Waals surface area contributed by atoms with Gasteiger partial charge in [-0.25, -0.2) is 9.36 Å². The zero-order chi connectivity index (χ0) is 25.8. The maximum absolute atomic E-state index is 14.1. The second-order valence-corrected chi connectivity index (χ2v) is 9.14. The van der Waals surface area contributed by atoms with Gasteiger partial charge in [0.2, 0.25) is 0 Å². The molecule has 2 aromatic heterocycles. The lowest BCUT2D eigenvalue weighted by atomic mass is 10.1. The van der Waals surface area contributed by atoms with Crippen LogP contribution in [0.2, 0.25) is 5.02 Å². The number of aryl methyl sites for hydroxylation is 1. The number of carbonyl (C=O) groups excluding carboxylic acids is 1. The number of amides is 1. The Hall–Kier alpha value is -3.11. The van der Waals surface area contributed by atoms with Crippen molar-refractivity contribution in [1.29, 1.82) is 5.26 Å². The fourth-order valence-electron chi connectivity index (χ4n) is 3.42. The second-order valence-electron chi connectivity index (χ2n) is 7.92. The van der Waals surface area contributed by atoms with Gasteiger partial charge in [-0.3, -0.25) is 4.79 Å². The molecule has 1 aliphatic carbocycles. The number of thioether (sulfide) groups is 1. The van der Waals surface area contributed by atoms with Gasteiger partial charge in [-0.1, -0.05) is 17.7 Å². The highest BCUT2D eigenvalue weighted by atomic mass is 35.5. The van der Waals surface area contributed by atoms with Crippen molar-refractivity contribution >= 4 is 29.3 Å². The molecule has 1 aromatic carbocycles. The predicted molar refractivity (Wildman–Crippen MR) is 118 cm³/mol. The zero-order valence-corrected chi connectivity index (χ0v) is 19.7. The van der Waals surface area contributed by atoms with E-state index in [-0.39, 0.29) is 21.3 Å². The van der Waals surface area contributed by atoms with Crippen LogP contribution in [0.5, 0.6) is 0 Å². The number of benzene rings is 1. The van der Waals surface area contributed by atoms with Crippen LogP contribution < -0.4 is 5.32 Å². The van der Waals surface area contributed by atoms with Crippen LogP contribution >= 0.6 is 23.4 Å². The molecule has 4 rings (SSSR count). The summed E-state index contributed by atoms with van der Waals surface area (Å²) in [6.07, 6.45) is -0.605. The van der Waals surface area contributed by atoms with Crippen molar-refractivity contribution < 1.29 is 26.7 Å². The molecule has 184 valence electrons. The van der Waals surface area contributed by atoms with E-state index in [0.717, 1.165) is 9.36 Å². The van der Waals surface area contributed by atoms with Crippen LogP contribution in [0.1, 0.15) is 28.9 Å². The van der Waals surface area contributed by atoms with Crippen molar-refractivity contribution in [3.63, 3.8) is 0 Å². The molecule has 3 aromatic rings. The van der Waals surface area contributed by atoms with Gasteiger partial charge in [0.25, 0.3) is 5.91 Å². The predicted octanol–water partition coefficient (Wildman–Crippen LogP) is 5.09. The Morgan fingerprint density at radius 3 is 2.51 bits per heavy atom. The first-order chi connectivity index (χ1) is 16.3. The quantitative estimate of drug-likeness (QED) is 0.354. The Kier molecular flexibility index (Phi) is 6.09. The van der Waals surface area contributed by atoms with Crippen molar-refractivity contribution in [3.05, 3.63) is 46.9 Å². The topological polar surface area (TPSA) is 88.5 Å². The van der Waals surface area contributed by atoms with Crippen LogP contribution in [0.25, 0.3) is 16.9 Å². The molecule has 1 aliphatic rings. The molecule has 2 heterocycles. The molecule has 0 saturated heterocycles. The van der Waals surface area contributed by atoms with Crippen LogP contribution in [-0.4, -0.2) is 43.4 Å². The van der Waals surface area contributed by atoms with Gasteiger partial charge in [-0.15, -0.1) is 11.8 Å². The van der Waals surface area contributed by atoms with Gasteiger partial charge in [0.05, 0.1) is 27.7 Å². The van der Waals surface area contributed by atoms with E-state index < -0.39 is 29.2 Å². The number of nitrogens with zero attached hydrogens (tertiary/aromatic N) is 5. The molecule has 1 fully saturated rings. The molecule has 0 unspecified atom stereocenters. The highest BCUT2D eigenvalue weighted by Crippen LogP contribution is 2.47. The van der Waals surface area contributed by atoms with Crippen LogP contribution in [0, 0.1) is 11.3 Å². The van der Waals surface area contributed by atoms with Crippen molar-refractivity contribution in [2.24, 2.45) is 7.05 Å². The molecule has 0 atom stereocenters. The summed E-state index contributed by atoms with van der Waals surface area (Å²) >= 11 is 6.86. The van der Waals surface area contributed by atoms with E-state index in [4.69, 9.17) is 11.6 Å². The molecule has 0 bridgehead atoms. The van der Waals surface area contributed by atoms with E-state index in [1.807, 2.05) is 0 Å². The Labute approximate surface area is 204 Å². The van der Waals surface area contributed by atoms with Crippen LogP contribution in [0.3, 0.4) is 0 Å². The van der Waals surface area contributed by atoms with Crippen molar-refractivity contribution in [2.45, 2.75) is 35.4 Å². The minimum Gasteiger partial charge on any atom is -0.334 e. The third kappa shape index (κ3) is 4.36. The van der Waals surface area contributed by atoms with Crippen molar-refractivity contribution in [2.75, 3.05) is 6.26 Å². The molecular formula is C21H16ClF5N6OS. The molecular weight excluding hydrogens is 515 g/mol. The molecule has 1 N–H and O–H groups in total. The first kappa shape index (κ1) is 25.0. The standard InChI is InChI=1S/C21H16ClF5N6OS/c1-32-18(15(35-2)16(31-32)20(23,24)21(25,26)27)33-9-12(8-29-33)11-3-4-14(22)13(7-11)17(34)30-19(10-28)5-6-19/h3-4,7-9H,5-6H2,1-2H3,(H,30,34). The number of hydrogen-bond donors (Lipinski definition) is 1. The highest BCUT2D eigenvalue weighted by Gasteiger charge is 2.62. The van der Waals surface area contributed by atoms with E-state index in [1.165, 1.54) is 37.8 Å². The number of halogens is 6. The number of nitrogens with one attached hydrogen (secondary N) is 1. The van der Waals surface area contributed by atoms with Crippen LogP contribution in [0.15, 0.2) is 35.5 Å². The number of rotatable bonds is 6. The summed E-state index contributed by atoms with van der Waals surface area (Å²) in [5.41, 5.74) is -1.26. The van der Waals surface area contributed by atoms with Gasteiger partial charge < -0.3 is 5.32 Å². The molecule has 7 nitrogen and oxygen atoms in total. The number of hydrogen-bond acceptors (Lipinski definition) is 5. The molecule has 0 radical (unpaired) electrons. The van der Waals surface area contributed by atoms with E-state index in [9.17, 15) is 32.0 Å². The van der Waals surface area contributed by atoms with Gasteiger partial charge in [0.1, 0.15) is 5.54 Å². The van der Waals surface area contributed by atoms with Gasteiger partial charge >= 0.3 is 12.1 Å². The Bertz CT molecular complexity index is 1360. The van der Waals surface area contributed by atoms with E-state index in [2.05, 4.69) is 21.6 Å². The third-order valence-corrected chi connectivity index (χ3v) is 6.61. The lowest BCUT2D eigenvalue weighted by Crippen LogP contribution is -2.35.